The van der Waals surface area contributed by atoms with Crippen molar-refractivity contribution in [1.29, 1.82) is 0 Å². The van der Waals surface area contributed by atoms with Crippen molar-refractivity contribution in [2.75, 3.05) is 0 Å². The minimum atomic E-state index is -2.59. The lowest BCUT2D eigenvalue weighted by molar-refractivity contribution is -0.244. The van der Waals surface area contributed by atoms with Crippen LogP contribution in [0.1, 0.15) is 11.1 Å². The minimum Gasteiger partial charge on any atom is -0.870 e. The highest BCUT2D eigenvalue weighted by Crippen LogP contribution is 2.59. The topological polar surface area (TPSA) is 46.1 Å². The summed E-state index contributed by atoms with van der Waals surface area (Å²) in [4.78, 5) is 0. The normalized spacial score (nSPS) is 12.3. The van der Waals surface area contributed by atoms with Gasteiger partial charge in [0.05, 0.1) is 11.6 Å². The van der Waals surface area contributed by atoms with Crippen LogP contribution in [0.25, 0.3) is 22.6 Å². The molecule has 8 aromatic carbocycles. The first-order valence-corrected chi connectivity index (χ1v) is 22.4. The first kappa shape index (κ1) is 36.7. The van der Waals surface area contributed by atoms with E-state index in [0.717, 1.165) is 43.0 Å². The molecule has 0 amide bonds. The van der Waals surface area contributed by atoms with Crippen LogP contribution >= 0.6 is 14.5 Å². The van der Waals surface area contributed by atoms with Gasteiger partial charge in [-0.2, -0.15) is 0 Å². The molecule has 0 aliphatic carbocycles. The van der Waals surface area contributed by atoms with E-state index in [-0.39, 0.29) is 11.5 Å². The van der Waals surface area contributed by atoms with E-state index in [4.69, 9.17) is 0 Å². The molecule has 0 radical (unpaired) electrons. The summed E-state index contributed by atoms with van der Waals surface area (Å²) in [5.74, 6) is 3.77. The van der Waals surface area contributed by atoms with E-state index < -0.39 is 14.5 Å². The summed E-state index contributed by atoms with van der Waals surface area (Å²) >= 11 is 0. The second-order valence-electron chi connectivity index (χ2n) is 13.5. The summed E-state index contributed by atoms with van der Waals surface area (Å²) in [6.07, 6.45) is 0. The Hall–Kier alpha value is -6.30. The molecule has 0 bridgehead atoms. The van der Waals surface area contributed by atoms with Crippen LogP contribution in [0.3, 0.4) is 0 Å². The lowest BCUT2D eigenvalue weighted by Crippen LogP contribution is -2.30. The Balaban J connectivity index is 1.34. The molecule has 56 heavy (non-hydrogen) atoms. The number of hydrogen-bond donors (Lipinski definition) is 0. The molecule has 8 aromatic rings. The third-order valence-electron chi connectivity index (χ3n) is 10.3. The maximum atomic E-state index is 15.1. The summed E-state index contributed by atoms with van der Waals surface area (Å²) in [5, 5.41) is 36.8. The largest absolute Gasteiger partial charge is 0.870 e. The first-order chi connectivity index (χ1) is 27.6. The van der Waals surface area contributed by atoms with Crippen LogP contribution in [0.5, 0.6) is 0 Å². The van der Waals surface area contributed by atoms with Crippen molar-refractivity contribution < 1.29 is 10.2 Å². The maximum Gasteiger partial charge on any atom is 0.136 e. The predicted molar refractivity (Wildman–Crippen MR) is 238 cm³/mol. The van der Waals surface area contributed by atoms with Gasteiger partial charge in [-0.3, -0.25) is 0 Å². The minimum absolute atomic E-state index is 0.0866. The van der Waals surface area contributed by atoms with Crippen molar-refractivity contribution in [3.8, 4) is 11.1 Å². The molecule has 0 aromatic heterocycles. The van der Waals surface area contributed by atoms with Gasteiger partial charge in [0.15, 0.2) is 0 Å². The molecular weight excluding hydrogens is 719 g/mol. The van der Waals surface area contributed by atoms with Gasteiger partial charge in [-0.25, -0.2) is 0 Å². The van der Waals surface area contributed by atoms with Gasteiger partial charge in [0.25, 0.3) is 0 Å². The molecule has 0 aliphatic rings. The Morgan fingerprint density at radius 1 is 0.268 bits per heavy atom. The SMILES string of the molecule is [O-]/C(=C\[P+](c1ccccc1)(c1ccccc1)c1ccccc1)c1ccccc1-c1ccccc1/C([O-])=C/[P+](c1ccccc1)(c1ccccc1)c1ccccc1. The quantitative estimate of drug-likeness (QED) is 0.0980. The Kier molecular flexibility index (Phi) is 10.9. The zero-order valence-corrected chi connectivity index (χ0v) is 32.6. The van der Waals surface area contributed by atoms with Crippen LogP contribution < -0.4 is 42.0 Å². The molecule has 0 aliphatic heterocycles. The van der Waals surface area contributed by atoms with E-state index in [1.54, 1.807) is 0 Å². The highest BCUT2D eigenvalue weighted by molar-refractivity contribution is 7.98. The van der Waals surface area contributed by atoms with Crippen molar-refractivity contribution in [2.24, 2.45) is 0 Å². The molecule has 270 valence electrons. The van der Waals surface area contributed by atoms with Crippen LogP contribution in [0.4, 0.5) is 0 Å². The standard InChI is InChI=1S/C52H40O2P2/c53-51(39-55(41-23-7-1-8-24-41,42-25-9-2-10-26-42)43-27-11-3-12-28-43)49-37-21-19-35-47(49)48-36-20-22-38-50(48)52(54)40-56(44-29-13-4-14-30-44,45-31-15-5-16-32-45)46-33-17-6-18-34-46/h1-40H/b51-39-,52-40-. The van der Waals surface area contributed by atoms with Crippen LogP contribution in [-0.2, 0) is 0 Å². The molecular formula is C52H40O2P2. The van der Waals surface area contributed by atoms with Gasteiger partial charge in [0, 0.05) is 0 Å². The second kappa shape index (κ2) is 16.6. The molecule has 8 rings (SSSR count). The van der Waals surface area contributed by atoms with Crippen molar-refractivity contribution >= 4 is 57.9 Å². The van der Waals surface area contributed by atoms with Crippen LogP contribution in [0.2, 0.25) is 0 Å². The molecule has 0 spiro atoms. The lowest BCUT2D eigenvalue weighted by atomic mass is 9.94. The van der Waals surface area contributed by atoms with E-state index >= 15 is 10.2 Å². The molecule has 0 saturated heterocycles. The van der Waals surface area contributed by atoms with Crippen LogP contribution in [-0.4, -0.2) is 0 Å². The monoisotopic (exact) mass is 758 g/mol. The van der Waals surface area contributed by atoms with Crippen LogP contribution in [0, 0.1) is 0 Å². The lowest BCUT2D eigenvalue weighted by Gasteiger charge is -2.29. The molecule has 0 atom stereocenters. The van der Waals surface area contributed by atoms with Gasteiger partial charge in [-0.15, -0.1) is 0 Å². The van der Waals surface area contributed by atoms with E-state index in [1.165, 1.54) is 0 Å². The molecule has 0 fully saturated rings. The summed E-state index contributed by atoms with van der Waals surface area (Å²) < 4.78 is 0. The zero-order chi connectivity index (χ0) is 38.2. The number of rotatable bonds is 11. The van der Waals surface area contributed by atoms with E-state index in [2.05, 4.69) is 72.8 Å². The molecule has 0 saturated carbocycles. The fourth-order valence-corrected chi connectivity index (χ4v) is 15.2. The number of benzene rings is 8. The van der Waals surface area contributed by atoms with E-state index in [9.17, 15) is 0 Å². The van der Waals surface area contributed by atoms with Crippen molar-refractivity contribution in [2.45, 2.75) is 0 Å². The molecule has 0 N–H and O–H groups in total. The fourth-order valence-electron chi connectivity index (χ4n) is 7.68. The smallest absolute Gasteiger partial charge is 0.136 e. The summed E-state index contributed by atoms with van der Waals surface area (Å²) in [7, 11) is -5.18. The van der Waals surface area contributed by atoms with Gasteiger partial charge in [0.2, 0.25) is 0 Å². The maximum absolute atomic E-state index is 15.1. The van der Waals surface area contributed by atoms with E-state index in [0.29, 0.717) is 11.1 Å². The summed E-state index contributed by atoms with van der Waals surface area (Å²) in [6.45, 7) is 0. The van der Waals surface area contributed by atoms with Crippen molar-refractivity contribution in [3.05, 3.63) is 253 Å². The zero-order valence-electron chi connectivity index (χ0n) is 30.8. The van der Waals surface area contributed by atoms with Gasteiger partial charge in [-0.1, -0.05) is 169 Å². The van der Waals surface area contributed by atoms with Crippen molar-refractivity contribution in [3.63, 3.8) is 0 Å². The third kappa shape index (κ3) is 7.02. The van der Waals surface area contributed by atoms with Gasteiger partial charge >= 0.3 is 0 Å². The average molecular weight is 759 g/mol. The highest BCUT2D eigenvalue weighted by atomic mass is 31.2. The Bertz CT molecular complexity index is 2200. The molecule has 2 nitrogen and oxygen atoms in total. The third-order valence-corrected chi connectivity index (χ3v) is 18.2. The summed E-state index contributed by atoms with van der Waals surface area (Å²) in [6, 6.07) is 77.7. The van der Waals surface area contributed by atoms with Crippen molar-refractivity contribution in [1.82, 2.24) is 0 Å². The average Bonchev–Trinajstić information content (AvgIpc) is 3.29. The number of hydrogen-bond acceptors (Lipinski definition) is 2. The van der Waals surface area contributed by atoms with Gasteiger partial charge in [-0.05, 0) is 95.1 Å². The van der Waals surface area contributed by atoms with Crippen LogP contribution in [0.15, 0.2) is 242 Å². The molecule has 4 heteroatoms. The fraction of sp³-hybridized carbons (Fsp3) is 0. The Morgan fingerprint density at radius 2 is 0.464 bits per heavy atom. The predicted octanol–water partition coefficient (Wildman–Crippen LogP) is 8.66. The second-order valence-corrected chi connectivity index (χ2v) is 20.0. The Morgan fingerprint density at radius 3 is 0.696 bits per heavy atom. The molecule has 0 unspecified atom stereocenters. The van der Waals surface area contributed by atoms with E-state index in [1.807, 2.05) is 169 Å². The first-order valence-electron chi connectivity index (χ1n) is 18.7. The van der Waals surface area contributed by atoms with Gasteiger partial charge < -0.3 is 10.2 Å². The summed E-state index contributed by atoms with van der Waals surface area (Å²) in [5.41, 5.74) is 2.55. The van der Waals surface area contributed by atoms with Gasteiger partial charge in [0.1, 0.15) is 46.4 Å². The highest BCUT2D eigenvalue weighted by Gasteiger charge is 2.45. The Labute approximate surface area is 331 Å². The molecule has 0 heterocycles.